The highest BCUT2D eigenvalue weighted by Gasteiger charge is 2.17. The molecule has 0 aromatic rings. The molecule has 0 aliphatic carbocycles. The van der Waals surface area contributed by atoms with Crippen LogP contribution in [0, 0.1) is 11.1 Å². The van der Waals surface area contributed by atoms with Crippen molar-refractivity contribution in [2.45, 2.75) is 149 Å². The minimum Gasteiger partial charge on any atom is -0.633 e. The minimum absolute atomic E-state index is 0.0422. The first-order valence-corrected chi connectivity index (χ1v) is 13.6. The van der Waals surface area contributed by atoms with Crippen molar-refractivity contribution in [3.05, 3.63) is 5.21 Å². The summed E-state index contributed by atoms with van der Waals surface area (Å²) in [6, 6.07) is 0. The molecule has 0 spiro atoms. The van der Waals surface area contributed by atoms with Crippen molar-refractivity contribution in [2.24, 2.45) is 5.92 Å². The van der Waals surface area contributed by atoms with Crippen LogP contribution < -0.4 is 0 Å². The van der Waals surface area contributed by atoms with Crippen LogP contribution in [0.15, 0.2) is 0 Å². The molecule has 0 radical (unpaired) electrons. The Morgan fingerprint density at radius 1 is 0.517 bits per heavy atom. The van der Waals surface area contributed by atoms with E-state index >= 15 is 0 Å². The molecule has 0 aliphatic heterocycles. The van der Waals surface area contributed by atoms with Gasteiger partial charge in [-0.1, -0.05) is 129 Å². The van der Waals surface area contributed by atoms with Crippen LogP contribution in [0.3, 0.4) is 0 Å². The van der Waals surface area contributed by atoms with E-state index < -0.39 is 0 Å². The van der Waals surface area contributed by atoms with Gasteiger partial charge in [-0.05, 0) is 19.8 Å². The number of hydrogen-bond donors (Lipinski definition) is 0. The molecule has 176 valence electrons. The summed E-state index contributed by atoms with van der Waals surface area (Å²) in [6.07, 6.45) is 27.7. The first-order valence-electron chi connectivity index (χ1n) is 13.6. The van der Waals surface area contributed by atoms with Gasteiger partial charge in [0, 0.05) is 5.92 Å². The molecular formula is C27H57NO. The lowest BCUT2D eigenvalue weighted by Crippen LogP contribution is -2.41. The maximum atomic E-state index is 12.5. The standard InChI is InChI=1S/C27H57NO/c1-5-8-10-12-14-16-17-19-21-23-25-27(26-28(4,29)7-3)24-22-20-18-15-13-11-9-6-2/h27H,5-26H2,1-4H3. The van der Waals surface area contributed by atoms with Crippen LogP contribution in [0.1, 0.15) is 149 Å². The van der Waals surface area contributed by atoms with E-state index in [1.807, 2.05) is 14.0 Å². The lowest BCUT2D eigenvalue weighted by molar-refractivity contribution is -0.862. The minimum atomic E-state index is -0.0422. The molecule has 0 aromatic heterocycles. The van der Waals surface area contributed by atoms with Crippen LogP contribution in [-0.2, 0) is 0 Å². The molecule has 2 atom stereocenters. The summed E-state index contributed by atoms with van der Waals surface area (Å²) >= 11 is 0. The fourth-order valence-corrected chi connectivity index (χ4v) is 4.49. The molecule has 0 N–H and O–H groups in total. The lowest BCUT2D eigenvalue weighted by Gasteiger charge is -2.40. The van der Waals surface area contributed by atoms with E-state index in [1.165, 1.54) is 128 Å². The summed E-state index contributed by atoms with van der Waals surface area (Å²) in [5.74, 6) is 0.645. The van der Waals surface area contributed by atoms with E-state index in [0.29, 0.717) is 12.5 Å². The number of hydrogen-bond acceptors (Lipinski definition) is 1. The summed E-state index contributed by atoms with van der Waals surface area (Å²) in [5.41, 5.74) is 0. The number of hydroxylamine groups is 3. The van der Waals surface area contributed by atoms with Gasteiger partial charge in [0.2, 0.25) is 0 Å². The zero-order valence-corrected chi connectivity index (χ0v) is 21.0. The summed E-state index contributed by atoms with van der Waals surface area (Å²) in [5, 5.41) is 12.5. The molecule has 0 amide bonds. The average Bonchev–Trinajstić information content (AvgIpc) is 2.71. The monoisotopic (exact) mass is 411 g/mol. The molecule has 0 aliphatic rings. The van der Waals surface area contributed by atoms with Crippen molar-refractivity contribution in [3.63, 3.8) is 0 Å². The smallest absolute Gasteiger partial charge is 0.0810 e. The number of nitrogens with zero attached hydrogens (tertiary/aromatic N) is 1. The van der Waals surface area contributed by atoms with E-state index in [-0.39, 0.29) is 4.65 Å². The lowest BCUT2D eigenvalue weighted by atomic mass is 9.93. The molecule has 2 heteroatoms. The highest BCUT2D eigenvalue weighted by atomic mass is 16.5. The highest BCUT2D eigenvalue weighted by molar-refractivity contribution is 4.62. The second-order valence-corrected chi connectivity index (χ2v) is 9.90. The predicted molar refractivity (Wildman–Crippen MR) is 132 cm³/mol. The molecule has 0 fully saturated rings. The Morgan fingerprint density at radius 2 is 0.828 bits per heavy atom. The summed E-state index contributed by atoms with van der Waals surface area (Å²) in [4.78, 5) is 0. The number of rotatable bonds is 23. The van der Waals surface area contributed by atoms with Crippen molar-refractivity contribution in [1.29, 1.82) is 0 Å². The molecule has 0 heterocycles. The Bertz CT molecular complexity index is 316. The molecule has 0 bridgehead atoms. The van der Waals surface area contributed by atoms with Crippen LogP contribution in [-0.4, -0.2) is 24.8 Å². The summed E-state index contributed by atoms with van der Waals surface area (Å²) in [7, 11) is 1.87. The number of unbranched alkanes of at least 4 members (excludes halogenated alkanes) is 16. The second kappa shape index (κ2) is 21.2. The van der Waals surface area contributed by atoms with E-state index in [9.17, 15) is 5.21 Å². The molecule has 0 saturated carbocycles. The van der Waals surface area contributed by atoms with Gasteiger partial charge < -0.3 is 9.85 Å². The van der Waals surface area contributed by atoms with Crippen molar-refractivity contribution >= 4 is 0 Å². The third-order valence-electron chi connectivity index (χ3n) is 6.75. The Morgan fingerprint density at radius 3 is 1.14 bits per heavy atom. The maximum Gasteiger partial charge on any atom is 0.0810 e. The van der Waals surface area contributed by atoms with Gasteiger partial charge in [0.15, 0.2) is 0 Å². The molecule has 0 saturated heterocycles. The van der Waals surface area contributed by atoms with E-state index in [0.717, 1.165) is 6.54 Å². The molecule has 2 unspecified atom stereocenters. The summed E-state index contributed by atoms with van der Waals surface area (Å²) in [6.45, 7) is 8.17. The average molecular weight is 412 g/mol. The SMILES string of the molecule is CCCCCCCCCCCCC(CCCCCCCCCC)C[N+](C)([O-])CC. The topological polar surface area (TPSA) is 23.1 Å². The molecular weight excluding hydrogens is 354 g/mol. The van der Waals surface area contributed by atoms with Gasteiger partial charge in [0.1, 0.15) is 0 Å². The Labute approximate surface area is 185 Å². The van der Waals surface area contributed by atoms with E-state index in [1.54, 1.807) is 0 Å². The number of quaternary nitrogens is 1. The van der Waals surface area contributed by atoms with Gasteiger partial charge >= 0.3 is 0 Å². The maximum absolute atomic E-state index is 12.5. The first kappa shape index (κ1) is 28.9. The Hall–Kier alpha value is -0.0800. The van der Waals surface area contributed by atoms with Crippen LogP contribution >= 0.6 is 0 Å². The fraction of sp³-hybridized carbons (Fsp3) is 1.00. The molecule has 29 heavy (non-hydrogen) atoms. The van der Waals surface area contributed by atoms with Gasteiger partial charge in [-0.25, -0.2) is 0 Å². The van der Waals surface area contributed by atoms with Gasteiger partial charge in [0.05, 0.1) is 20.1 Å². The van der Waals surface area contributed by atoms with Crippen LogP contribution in [0.25, 0.3) is 0 Å². The first-order chi connectivity index (χ1) is 14.1. The molecule has 2 nitrogen and oxygen atoms in total. The van der Waals surface area contributed by atoms with Gasteiger partial charge in [0.25, 0.3) is 0 Å². The zero-order chi connectivity index (χ0) is 21.6. The third kappa shape index (κ3) is 21.0. The molecule has 0 rings (SSSR count). The molecule has 0 aromatic carbocycles. The Balaban J connectivity index is 3.83. The van der Waals surface area contributed by atoms with E-state index in [4.69, 9.17) is 0 Å². The Kier molecular flexibility index (Phi) is 21.1. The van der Waals surface area contributed by atoms with Gasteiger partial charge in [-0.15, -0.1) is 0 Å². The normalized spacial score (nSPS) is 14.8. The van der Waals surface area contributed by atoms with Crippen LogP contribution in [0.2, 0.25) is 0 Å². The van der Waals surface area contributed by atoms with Crippen LogP contribution in [0.4, 0.5) is 0 Å². The predicted octanol–water partition coefficient (Wildman–Crippen LogP) is 9.41. The van der Waals surface area contributed by atoms with Crippen molar-refractivity contribution in [3.8, 4) is 0 Å². The largest absolute Gasteiger partial charge is 0.633 e. The van der Waals surface area contributed by atoms with Crippen molar-refractivity contribution in [2.75, 3.05) is 20.1 Å². The van der Waals surface area contributed by atoms with Crippen molar-refractivity contribution in [1.82, 2.24) is 0 Å². The van der Waals surface area contributed by atoms with Gasteiger partial charge in [-0.2, -0.15) is 0 Å². The quantitative estimate of drug-likeness (QED) is 0.0932. The van der Waals surface area contributed by atoms with Crippen molar-refractivity contribution < 1.29 is 4.65 Å². The fourth-order valence-electron chi connectivity index (χ4n) is 4.49. The second-order valence-electron chi connectivity index (χ2n) is 9.90. The van der Waals surface area contributed by atoms with Crippen LogP contribution in [0.5, 0.6) is 0 Å². The summed E-state index contributed by atoms with van der Waals surface area (Å²) < 4.78 is -0.0422. The highest BCUT2D eigenvalue weighted by Crippen LogP contribution is 2.22. The zero-order valence-electron chi connectivity index (χ0n) is 21.0. The van der Waals surface area contributed by atoms with E-state index in [2.05, 4.69) is 13.8 Å². The third-order valence-corrected chi connectivity index (χ3v) is 6.75. The van der Waals surface area contributed by atoms with Gasteiger partial charge in [-0.3, -0.25) is 0 Å².